The Hall–Kier alpha value is -4.01. The van der Waals surface area contributed by atoms with Crippen LogP contribution in [0.2, 0.25) is 0 Å². The molecule has 1 aliphatic heterocycles. The number of hydrogen-bond acceptors (Lipinski definition) is 4. The molecule has 164 valence electrons. The maximum absolute atomic E-state index is 13.8. The van der Waals surface area contributed by atoms with Gasteiger partial charge in [0.25, 0.3) is 5.91 Å². The summed E-state index contributed by atoms with van der Waals surface area (Å²) >= 11 is 0. The second-order valence-electron chi connectivity index (χ2n) is 7.19. The monoisotopic (exact) mass is 438 g/mol. The molecule has 3 amide bonds. The van der Waals surface area contributed by atoms with E-state index < -0.39 is 11.7 Å². The Kier molecular flexibility index (Phi) is 5.98. The zero-order valence-electron chi connectivity index (χ0n) is 17.2. The van der Waals surface area contributed by atoms with E-state index in [0.29, 0.717) is 31.1 Å². The summed E-state index contributed by atoms with van der Waals surface area (Å²) < 4.78 is 31.7. The number of methoxy groups -OCH3 is 1. The predicted octanol–water partition coefficient (Wildman–Crippen LogP) is 4.06. The Bertz CT molecular complexity index is 1140. The summed E-state index contributed by atoms with van der Waals surface area (Å²) in [6.07, 6.45) is 1.43. The highest BCUT2D eigenvalue weighted by Crippen LogP contribution is 2.22. The molecular formula is C23H20F2N4O3. The molecule has 0 aliphatic carbocycles. The zero-order valence-corrected chi connectivity index (χ0v) is 17.2. The lowest BCUT2D eigenvalue weighted by Gasteiger charge is -2.18. The number of aromatic nitrogens is 1. The molecule has 0 bridgehead atoms. The third-order valence-electron chi connectivity index (χ3n) is 5.08. The Morgan fingerprint density at radius 3 is 2.53 bits per heavy atom. The SMILES string of the molecule is COc1ccc(C(=O)Nc2ccc(N3CCN(Cc4ccc(F)cc4)C3=O)nc2)cc1F. The van der Waals surface area contributed by atoms with Gasteiger partial charge in [-0.3, -0.25) is 9.69 Å². The number of amides is 3. The zero-order chi connectivity index (χ0) is 22.7. The maximum Gasteiger partial charge on any atom is 0.326 e. The number of halogens is 2. The van der Waals surface area contributed by atoms with E-state index in [-0.39, 0.29) is 23.2 Å². The van der Waals surface area contributed by atoms with Crippen LogP contribution in [0.4, 0.5) is 25.1 Å². The van der Waals surface area contributed by atoms with Crippen LogP contribution in [0.3, 0.4) is 0 Å². The number of benzene rings is 2. The van der Waals surface area contributed by atoms with Crippen LogP contribution >= 0.6 is 0 Å². The molecular weight excluding hydrogens is 418 g/mol. The molecule has 1 saturated heterocycles. The first-order valence-electron chi connectivity index (χ1n) is 9.86. The minimum atomic E-state index is -0.633. The lowest BCUT2D eigenvalue weighted by molar-refractivity contribution is 0.102. The number of rotatable bonds is 6. The van der Waals surface area contributed by atoms with E-state index in [2.05, 4.69) is 10.3 Å². The highest BCUT2D eigenvalue weighted by atomic mass is 19.1. The Morgan fingerprint density at radius 1 is 1.09 bits per heavy atom. The molecule has 0 spiro atoms. The number of carbonyl (C=O) groups is 2. The quantitative estimate of drug-likeness (QED) is 0.630. The van der Waals surface area contributed by atoms with Crippen LogP contribution < -0.4 is 15.0 Å². The normalized spacial score (nSPS) is 13.4. The molecule has 1 fully saturated rings. The molecule has 0 radical (unpaired) electrons. The first kappa shape index (κ1) is 21.2. The predicted molar refractivity (Wildman–Crippen MR) is 115 cm³/mol. The van der Waals surface area contributed by atoms with E-state index in [1.54, 1.807) is 29.2 Å². The van der Waals surface area contributed by atoms with Crippen LogP contribution in [0, 0.1) is 11.6 Å². The molecule has 1 aromatic heterocycles. The van der Waals surface area contributed by atoms with Crippen molar-refractivity contribution in [2.24, 2.45) is 0 Å². The van der Waals surface area contributed by atoms with Gasteiger partial charge in [0.2, 0.25) is 0 Å². The third-order valence-corrected chi connectivity index (χ3v) is 5.08. The van der Waals surface area contributed by atoms with E-state index in [1.165, 1.54) is 42.5 Å². The van der Waals surface area contributed by atoms with Gasteiger partial charge < -0.3 is 15.0 Å². The van der Waals surface area contributed by atoms with Gasteiger partial charge in [-0.1, -0.05) is 12.1 Å². The minimum Gasteiger partial charge on any atom is -0.494 e. The number of urea groups is 1. The van der Waals surface area contributed by atoms with Crippen molar-refractivity contribution in [3.8, 4) is 5.75 Å². The van der Waals surface area contributed by atoms with Crippen LogP contribution in [0.15, 0.2) is 60.8 Å². The smallest absolute Gasteiger partial charge is 0.326 e. The molecule has 4 rings (SSSR count). The largest absolute Gasteiger partial charge is 0.494 e. The van der Waals surface area contributed by atoms with Gasteiger partial charge in [-0.25, -0.2) is 18.6 Å². The topological polar surface area (TPSA) is 74.8 Å². The number of pyridine rings is 1. The number of nitrogens with one attached hydrogen (secondary N) is 1. The molecule has 2 heterocycles. The molecule has 0 unspecified atom stereocenters. The van der Waals surface area contributed by atoms with Gasteiger partial charge in [-0.2, -0.15) is 0 Å². The molecule has 1 aliphatic rings. The Balaban J connectivity index is 1.39. The molecule has 2 aromatic carbocycles. The highest BCUT2D eigenvalue weighted by Gasteiger charge is 2.30. The van der Waals surface area contributed by atoms with Gasteiger partial charge in [0.1, 0.15) is 11.6 Å². The van der Waals surface area contributed by atoms with Crippen LogP contribution in [0.1, 0.15) is 15.9 Å². The van der Waals surface area contributed by atoms with Crippen molar-refractivity contribution in [2.75, 3.05) is 30.4 Å². The summed E-state index contributed by atoms with van der Waals surface area (Å²) in [4.78, 5) is 32.6. The molecule has 0 atom stereocenters. The first-order chi connectivity index (χ1) is 15.4. The molecule has 1 N–H and O–H groups in total. The Morgan fingerprint density at radius 2 is 1.88 bits per heavy atom. The van der Waals surface area contributed by atoms with Crippen molar-refractivity contribution in [2.45, 2.75) is 6.54 Å². The van der Waals surface area contributed by atoms with Crippen molar-refractivity contribution in [1.82, 2.24) is 9.88 Å². The summed E-state index contributed by atoms with van der Waals surface area (Å²) in [6.45, 7) is 1.35. The minimum absolute atomic E-state index is 0.0521. The van der Waals surface area contributed by atoms with Crippen molar-refractivity contribution in [3.63, 3.8) is 0 Å². The van der Waals surface area contributed by atoms with Crippen LogP contribution in [-0.2, 0) is 6.54 Å². The van der Waals surface area contributed by atoms with E-state index in [0.717, 1.165) is 11.6 Å². The van der Waals surface area contributed by atoms with Gasteiger partial charge in [-0.15, -0.1) is 0 Å². The fourth-order valence-electron chi connectivity index (χ4n) is 3.38. The number of carbonyl (C=O) groups excluding carboxylic acids is 2. The van der Waals surface area contributed by atoms with E-state index >= 15 is 0 Å². The molecule has 32 heavy (non-hydrogen) atoms. The number of nitrogens with zero attached hydrogens (tertiary/aromatic N) is 3. The summed E-state index contributed by atoms with van der Waals surface area (Å²) in [5.74, 6) is -0.951. The van der Waals surface area contributed by atoms with E-state index in [9.17, 15) is 18.4 Å². The van der Waals surface area contributed by atoms with Crippen LogP contribution in [0.5, 0.6) is 5.75 Å². The average molecular weight is 438 g/mol. The highest BCUT2D eigenvalue weighted by molar-refractivity contribution is 6.04. The first-order valence-corrected chi connectivity index (χ1v) is 9.86. The average Bonchev–Trinajstić information content (AvgIpc) is 3.15. The molecule has 0 saturated carbocycles. The van der Waals surface area contributed by atoms with Crippen molar-refractivity contribution >= 4 is 23.4 Å². The molecule has 7 nitrogen and oxygen atoms in total. The number of anilines is 2. The van der Waals surface area contributed by atoms with Crippen LogP contribution in [0.25, 0.3) is 0 Å². The summed E-state index contributed by atoms with van der Waals surface area (Å²) in [6, 6.07) is 13.0. The summed E-state index contributed by atoms with van der Waals surface area (Å²) in [5, 5.41) is 2.64. The van der Waals surface area contributed by atoms with Crippen molar-refractivity contribution in [1.29, 1.82) is 0 Å². The van der Waals surface area contributed by atoms with Gasteiger partial charge in [0.15, 0.2) is 11.6 Å². The lowest BCUT2D eigenvalue weighted by atomic mass is 10.2. The summed E-state index contributed by atoms with van der Waals surface area (Å²) in [5.41, 5.74) is 1.38. The van der Waals surface area contributed by atoms with Crippen LogP contribution in [-0.4, -0.2) is 42.0 Å². The second-order valence-corrected chi connectivity index (χ2v) is 7.19. The molecule has 9 heteroatoms. The number of hydrogen-bond donors (Lipinski definition) is 1. The van der Waals surface area contributed by atoms with E-state index in [4.69, 9.17) is 4.74 Å². The lowest BCUT2D eigenvalue weighted by Crippen LogP contribution is -2.31. The second kappa shape index (κ2) is 9.01. The fraction of sp³-hybridized carbons (Fsp3) is 0.174. The van der Waals surface area contributed by atoms with E-state index in [1.807, 2.05) is 0 Å². The summed E-state index contributed by atoms with van der Waals surface area (Å²) in [7, 11) is 1.35. The maximum atomic E-state index is 13.8. The Labute approximate surface area is 183 Å². The molecule has 3 aromatic rings. The van der Waals surface area contributed by atoms with Gasteiger partial charge in [0, 0.05) is 25.2 Å². The third kappa shape index (κ3) is 4.51. The van der Waals surface area contributed by atoms with Crippen molar-refractivity contribution < 1.29 is 23.1 Å². The standard InChI is InChI=1S/C23H20F2N4O3/c1-32-20-8-4-16(12-19(20)25)22(30)27-18-7-9-21(26-13-18)29-11-10-28(23(29)31)14-15-2-5-17(24)6-3-15/h2-9,12-13H,10-11,14H2,1H3,(H,27,30). The fourth-order valence-corrected chi connectivity index (χ4v) is 3.38. The van der Waals surface area contributed by atoms with Gasteiger partial charge in [-0.05, 0) is 48.0 Å². The number of ether oxygens (including phenoxy) is 1. The van der Waals surface area contributed by atoms with Gasteiger partial charge >= 0.3 is 6.03 Å². The van der Waals surface area contributed by atoms with Crippen molar-refractivity contribution in [3.05, 3.63) is 83.6 Å². The van der Waals surface area contributed by atoms with Gasteiger partial charge in [0.05, 0.1) is 19.0 Å².